The molecule has 1 aromatic heterocycles. The van der Waals surface area contributed by atoms with Gasteiger partial charge in [-0.3, -0.25) is 0 Å². The van der Waals surface area contributed by atoms with Crippen molar-refractivity contribution < 1.29 is 18.3 Å². The van der Waals surface area contributed by atoms with Crippen molar-refractivity contribution in [1.82, 2.24) is 0 Å². The van der Waals surface area contributed by atoms with E-state index in [1.807, 2.05) is 6.07 Å². The second-order valence-corrected chi connectivity index (χ2v) is 4.19. The van der Waals surface area contributed by atoms with Crippen molar-refractivity contribution >= 4 is 0 Å². The minimum absolute atomic E-state index is 0.101. The minimum atomic E-state index is -0.884. The Morgan fingerprint density at radius 3 is 2.72 bits per heavy atom. The molecule has 0 spiro atoms. The molecule has 1 N–H and O–H groups in total. The minimum Gasteiger partial charge on any atom is -0.469 e. The summed E-state index contributed by atoms with van der Waals surface area (Å²) in [5.41, 5.74) is 0.196. The molecular weight excluding hydrogens is 238 g/mol. The Labute approximate surface area is 104 Å². The van der Waals surface area contributed by atoms with E-state index in [4.69, 9.17) is 4.42 Å². The van der Waals surface area contributed by atoms with E-state index < -0.39 is 17.7 Å². The van der Waals surface area contributed by atoms with Gasteiger partial charge < -0.3 is 9.52 Å². The molecule has 4 heteroatoms. The zero-order valence-electron chi connectivity index (χ0n) is 9.77. The van der Waals surface area contributed by atoms with Crippen LogP contribution >= 0.6 is 0 Å². The molecule has 0 aliphatic heterocycles. The van der Waals surface area contributed by atoms with Crippen LogP contribution in [-0.2, 0) is 12.8 Å². The topological polar surface area (TPSA) is 33.4 Å². The summed E-state index contributed by atoms with van der Waals surface area (Å²) in [7, 11) is 0. The Bertz CT molecular complexity index is 495. The molecule has 18 heavy (non-hydrogen) atoms. The Kier molecular flexibility index (Phi) is 4.10. The van der Waals surface area contributed by atoms with Gasteiger partial charge in [0.2, 0.25) is 0 Å². The maximum Gasteiger partial charge on any atom is 0.162 e. The van der Waals surface area contributed by atoms with Gasteiger partial charge in [0.25, 0.3) is 0 Å². The summed E-state index contributed by atoms with van der Waals surface area (Å²) in [4.78, 5) is 0. The number of hydrogen-bond acceptors (Lipinski definition) is 2. The highest BCUT2D eigenvalue weighted by atomic mass is 19.2. The highest BCUT2D eigenvalue weighted by Gasteiger charge is 2.12. The number of halogens is 2. The van der Waals surface area contributed by atoms with E-state index in [2.05, 4.69) is 0 Å². The average molecular weight is 252 g/mol. The molecule has 0 radical (unpaired) electrons. The zero-order valence-corrected chi connectivity index (χ0v) is 9.77. The smallest absolute Gasteiger partial charge is 0.162 e. The summed E-state index contributed by atoms with van der Waals surface area (Å²) in [6, 6.07) is 7.57. The number of rotatable bonds is 5. The lowest BCUT2D eigenvalue weighted by Crippen LogP contribution is -2.13. The molecule has 96 valence electrons. The quantitative estimate of drug-likeness (QED) is 0.887. The molecule has 0 fully saturated rings. The third-order valence-electron chi connectivity index (χ3n) is 2.79. The highest BCUT2D eigenvalue weighted by molar-refractivity contribution is 5.19. The predicted molar refractivity (Wildman–Crippen MR) is 63.1 cm³/mol. The van der Waals surface area contributed by atoms with Crippen LogP contribution in [-0.4, -0.2) is 11.2 Å². The Morgan fingerprint density at radius 2 is 2.00 bits per heavy atom. The molecule has 0 saturated heterocycles. The first-order chi connectivity index (χ1) is 8.66. The van der Waals surface area contributed by atoms with Crippen LogP contribution in [0.25, 0.3) is 0 Å². The monoisotopic (exact) mass is 252 g/mol. The van der Waals surface area contributed by atoms with E-state index in [0.717, 1.165) is 11.8 Å². The molecule has 0 aliphatic rings. The fraction of sp³-hybridized carbons (Fsp3) is 0.286. The van der Waals surface area contributed by atoms with Crippen molar-refractivity contribution in [2.45, 2.75) is 25.4 Å². The Hall–Kier alpha value is -1.68. The lowest BCUT2D eigenvalue weighted by Gasteiger charge is -2.10. The average Bonchev–Trinajstić information content (AvgIpc) is 2.86. The SMILES string of the molecule is OC(CCc1ccco1)Cc1cccc(F)c1F. The maximum atomic E-state index is 13.4. The first-order valence-corrected chi connectivity index (χ1v) is 5.80. The molecule has 0 bridgehead atoms. The van der Waals surface area contributed by atoms with Gasteiger partial charge in [-0.15, -0.1) is 0 Å². The van der Waals surface area contributed by atoms with Crippen LogP contribution in [0.3, 0.4) is 0 Å². The van der Waals surface area contributed by atoms with E-state index in [0.29, 0.717) is 12.8 Å². The fourth-order valence-corrected chi connectivity index (χ4v) is 1.83. The lowest BCUT2D eigenvalue weighted by atomic mass is 10.0. The first kappa shape index (κ1) is 12.8. The van der Waals surface area contributed by atoms with Crippen LogP contribution in [0.15, 0.2) is 41.0 Å². The van der Waals surface area contributed by atoms with E-state index in [1.54, 1.807) is 12.3 Å². The zero-order chi connectivity index (χ0) is 13.0. The van der Waals surface area contributed by atoms with Crippen molar-refractivity contribution in [3.05, 3.63) is 59.6 Å². The number of benzene rings is 1. The van der Waals surface area contributed by atoms with Crippen LogP contribution in [0.4, 0.5) is 8.78 Å². The summed E-state index contributed by atoms with van der Waals surface area (Å²) < 4.78 is 31.5. The predicted octanol–water partition coefficient (Wildman–Crippen LogP) is 3.09. The van der Waals surface area contributed by atoms with Gasteiger partial charge in [-0.25, -0.2) is 8.78 Å². The van der Waals surface area contributed by atoms with Crippen molar-refractivity contribution in [3.8, 4) is 0 Å². The highest BCUT2D eigenvalue weighted by Crippen LogP contribution is 2.15. The van der Waals surface area contributed by atoms with E-state index >= 15 is 0 Å². The van der Waals surface area contributed by atoms with E-state index in [1.165, 1.54) is 12.1 Å². The van der Waals surface area contributed by atoms with Gasteiger partial charge in [-0.2, -0.15) is 0 Å². The van der Waals surface area contributed by atoms with Crippen LogP contribution in [0.1, 0.15) is 17.7 Å². The van der Waals surface area contributed by atoms with Crippen molar-refractivity contribution in [1.29, 1.82) is 0 Å². The van der Waals surface area contributed by atoms with Gasteiger partial charge in [0, 0.05) is 12.8 Å². The molecule has 2 rings (SSSR count). The molecule has 0 saturated carbocycles. The van der Waals surface area contributed by atoms with Gasteiger partial charge in [-0.05, 0) is 30.2 Å². The largest absolute Gasteiger partial charge is 0.469 e. The third-order valence-corrected chi connectivity index (χ3v) is 2.79. The van der Waals surface area contributed by atoms with Crippen molar-refractivity contribution in [2.24, 2.45) is 0 Å². The third kappa shape index (κ3) is 3.17. The van der Waals surface area contributed by atoms with Crippen molar-refractivity contribution in [2.75, 3.05) is 0 Å². The second-order valence-electron chi connectivity index (χ2n) is 4.19. The van der Waals surface area contributed by atoms with Crippen LogP contribution in [0.5, 0.6) is 0 Å². The number of aliphatic hydroxyl groups excluding tert-OH is 1. The van der Waals surface area contributed by atoms with Gasteiger partial charge in [0.15, 0.2) is 11.6 Å². The fourth-order valence-electron chi connectivity index (χ4n) is 1.83. The molecule has 2 nitrogen and oxygen atoms in total. The summed E-state index contributed by atoms with van der Waals surface area (Å²) in [6.07, 6.45) is 1.97. The number of furan rings is 1. The summed E-state index contributed by atoms with van der Waals surface area (Å²) in [6.45, 7) is 0. The standard InChI is InChI=1S/C14H14F2O2/c15-13-5-1-3-10(14(13)16)9-11(17)6-7-12-4-2-8-18-12/h1-5,8,11,17H,6-7,9H2. The Morgan fingerprint density at radius 1 is 1.17 bits per heavy atom. The normalized spacial score (nSPS) is 12.6. The lowest BCUT2D eigenvalue weighted by molar-refractivity contribution is 0.161. The van der Waals surface area contributed by atoms with Gasteiger partial charge in [0.05, 0.1) is 12.4 Å². The molecule has 0 aliphatic carbocycles. The number of aryl methyl sites for hydroxylation is 1. The van der Waals surface area contributed by atoms with Crippen molar-refractivity contribution in [3.63, 3.8) is 0 Å². The maximum absolute atomic E-state index is 13.4. The summed E-state index contributed by atoms with van der Waals surface area (Å²) in [5, 5.41) is 9.79. The number of aliphatic hydroxyl groups is 1. The molecule has 1 heterocycles. The van der Waals surface area contributed by atoms with Crippen LogP contribution < -0.4 is 0 Å². The van der Waals surface area contributed by atoms with E-state index in [9.17, 15) is 13.9 Å². The first-order valence-electron chi connectivity index (χ1n) is 5.80. The molecule has 1 aromatic carbocycles. The van der Waals surface area contributed by atoms with Gasteiger partial charge in [-0.1, -0.05) is 12.1 Å². The summed E-state index contributed by atoms with van der Waals surface area (Å²) in [5.74, 6) is -0.992. The number of hydrogen-bond donors (Lipinski definition) is 1. The van der Waals surface area contributed by atoms with Gasteiger partial charge in [0.1, 0.15) is 5.76 Å². The molecule has 2 aromatic rings. The van der Waals surface area contributed by atoms with Crippen LogP contribution in [0, 0.1) is 11.6 Å². The summed E-state index contributed by atoms with van der Waals surface area (Å²) >= 11 is 0. The molecule has 1 atom stereocenters. The Balaban J connectivity index is 1.90. The molecule has 1 unspecified atom stereocenters. The second kappa shape index (κ2) is 5.78. The van der Waals surface area contributed by atoms with E-state index in [-0.39, 0.29) is 12.0 Å². The van der Waals surface area contributed by atoms with Crippen LogP contribution in [0.2, 0.25) is 0 Å². The van der Waals surface area contributed by atoms with Gasteiger partial charge >= 0.3 is 0 Å². The molecule has 0 amide bonds. The molecular formula is C14H14F2O2.